The van der Waals surface area contributed by atoms with E-state index in [1.165, 1.54) is 12.1 Å². The summed E-state index contributed by atoms with van der Waals surface area (Å²) in [6.45, 7) is -0.481. The molecule has 8 nitrogen and oxygen atoms in total. The molecule has 0 fully saturated rings. The van der Waals surface area contributed by atoms with Crippen molar-refractivity contribution in [1.29, 1.82) is 0 Å². The zero-order chi connectivity index (χ0) is 22.1. The molecular formula is C23H16N2O6. The first-order chi connectivity index (χ1) is 14.9. The van der Waals surface area contributed by atoms with Gasteiger partial charge in [-0.3, -0.25) is 33.8 Å². The zero-order valence-corrected chi connectivity index (χ0v) is 16.1. The van der Waals surface area contributed by atoms with Crippen molar-refractivity contribution < 1.29 is 29.1 Å². The lowest BCUT2D eigenvalue weighted by Crippen LogP contribution is -2.33. The molecule has 4 rings (SSSR count). The first-order valence-electron chi connectivity index (χ1n) is 9.37. The maximum absolute atomic E-state index is 13.2. The van der Waals surface area contributed by atoms with Gasteiger partial charge in [0.05, 0.1) is 18.7 Å². The number of aromatic hydroxyl groups is 1. The van der Waals surface area contributed by atoms with Crippen molar-refractivity contribution in [3.8, 4) is 5.75 Å². The van der Waals surface area contributed by atoms with Crippen LogP contribution in [-0.4, -0.2) is 44.3 Å². The Kier molecular flexibility index (Phi) is 5.04. The highest BCUT2D eigenvalue weighted by Gasteiger charge is 2.31. The van der Waals surface area contributed by atoms with Crippen molar-refractivity contribution in [3.05, 3.63) is 89.0 Å². The third-order valence-corrected chi connectivity index (χ3v) is 5.10. The van der Waals surface area contributed by atoms with Crippen molar-refractivity contribution in [3.63, 3.8) is 0 Å². The lowest BCUT2D eigenvalue weighted by Gasteiger charge is -2.22. The van der Waals surface area contributed by atoms with Crippen LogP contribution in [0.3, 0.4) is 0 Å². The molecule has 2 aromatic carbocycles. The third kappa shape index (κ3) is 3.66. The molecule has 0 bridgehead atoms. The molecule has 2 aliphatic rings. The van der Waals surface area contributed by atoms with Gasteiger partial charge < -0.3 is 5.11 Å². The second kappa shape index (κ2) is 7.83. The fraction of sp³-hybridized carbons (Fsp3) is 0.0870. The molecule has 2 heterocycles. The van der Waals surface area contributed by atoms with Gasteiger partial charge in [0.1, 0.15) is 5.75 Å². The van der Waals surface area contributed by atoms with Crippen LogP contribution in [0.25, 0.3) is 0 Å². The number of rotatable bonds is 6. The molecule has 2 aliphatic heterocycles. The fourth-order valence-electron chi connectivity index (χ4n) is 3.50. The molecule has 2 aromatic rings. The maximum Gasteiger partial charge on any atom is 0.253 e. The molecule has 154 valence electrons. The number of nitrogens with zero attached hydrogens (tertiary/aromatic N) is 2. The number of benzene rings is 2. The van der Waals surface area contributed by atoms with Crippen LogP contribution < -0.4 is 0 Å². The average Bonchev–Trinajstić information content (AvgIpc) is 3.26. The molecule has 0 radical (unpaired) electrons. The van der Waals surface area contributed by atoms with E-state index in [4.69, 9.17) is 0 Å². The van der Waals surface area contributed by atoms with Crippen LogP contribution in [0.4, 0.5) is 0 Å². The Morgan fingerprint density at radius 3 is 1.77 bits per heavy atom. The Bertz CT molecular complexity index is 1160. The van der Waals surface area contributed by atoms with Crippen molar-refractivity contribution in [2.45, 2.75) is 13.1 Å². The zero-order valence-electron chi connectivity index (χ0n) is 16.1. The topological polar surface area (TPSA) is 112 Å². The number of phenols is 1. The Morgan fingerprint density at radius 1 is 0.710 bits per heavy atom. The van der Waals surface area contributed by atoms with Crippen LogP contribution in [0.2, 0.25) is 0 Å². The minimum atomic E-state index is -0.563. The van der Waals surface area contributed by atoms with Crippen molar-refractivity contribution in [2.24, 2.45) is 0 Å². The average molecular weight is 416 g/mol. The molecule has 0 unspecified atom stereocenters. The Balaban J connectivity index is 1.82. The van der Waals surface area contributed by atoms with Gasteiger partial charge in [-0.05, 0) is 17.2 Å². The summed E-state index contributed by atoms with van der Waals surface area (Å²) in [5, 5.41) is 10.5. The van der Waals surface area contributed by atoms with E-state index in [0.717, 1.165) is 34.1 Å². The normalized spacial score (nSPS) is 15.5. The molecule has 4 amide bonds. The van der Waals surface area contributed by atoms with Crippen LogP contribution >= 0.6 is 0 Å². The maximum atomic E-state index is 13.2. The van der Waals surface area contributed by atoms with Crippen molar-refractivity contribution in [2.75, 3.05) is 0 Å². The summed E-state index contributed by atoms with van der Waals surface area (Å²) in [7, 11) is 0. The van der Waals surface area contributed by atoms with Crippen LogP contribution in [0, 0.1) is 0 Å². The van der Waals surface area contributed by atoms with Crippen molar-refractivity contribution >= 4 is 29.4 Å². The summed E-state index contributed by atoms with van der Waals surface area (Å²) in [6, 6.07) is 11.0. The van der Waals surface area contributed by atoms with E-state index in [1.54, 1.807) is 30.3 Å². The van der Waals surface area contributed by atoms with E-state index >= 15 is 0 Å². The van der Waals surface area contributed by atoms with E-state index in [-0.39, 0.29) is 30.0 Å². The van der Waals surface area contributed by atoms with E-state index in [2.05, 4.69) is 0 Å². The standard InChI is InChI=1S/C23H16N2O6/c26-17-7-6-15(12-24-18(27)8-9-19(24)28)16(13-25-20(29)10-11-21(25)30)22(17)23(31)14-4-2-1-3-5-14/h1-11,26H,12-13H2. The number of imide groups is 2. The quantitative estimate of drug-likeness (QED) is 0.564. The van der Waals surface area contributed by atoms with Crippen LogP contribution in [0.5, 0.6) is 5.75 Å². The lowest BCUT2D eigenvalue weighted by atomic mass is 9.92. The molecule has 0 aromatic heterocycles. The van der Waals surface area contributed by atoms with Gasteiger partial charge in [-0.15, -0.1) is 0 Å². The number of hydrogen-bond donors (Lipinski definition) is 1. The molecule has 0 aliphatic carbocycles. The fourth-order valence-corrected chi connectivity index (χ4v) is 3.50. The summed E-state index contributed by atoms with van der Waals surface area (Å²) in [5.74, 6) is -3.01. The van der Waals surface area contributed by atoms with Crippen LogP contribution in [0.15, 0.2) is 66.8 Å². The first-order valence-corrected chi connectivity index (χ1v) is 9.37. The van der Waals surface area contributed by atoms with Gasteiger partial charge in [0, 0.05) is 29.9 Å². The van der Waals surface area contributed by atoms with Gasteiger partial charge >= 0.3 is 0 Å². The molecule has 0 saturated heterocycles. The van der Waals surface area contributed by atoms with Gasteiger partial charge in [0.15, 0.2) is 5.78 Å². The molecule has 8 heteroatoms. The van der Waals surface area contributed by atoms with Gasteiger partial charge in [-0.1, -0.05) is 36.4 Å². The van der Waals surface area contributed by atoms with Crippen LogP contribution in [0.1, 0.15) is 27.0 Å². The lowest BCUT2D eigenvalue weighted by molar-refractivity contribution is -0.139. The summed E-state index contributed by atoms with van der Waals surface area (Å²) in [6.07, 6.45) is 4.49. The van der Waals surface area contributed by atoms with Crippen molar-refractivity contribution in [1.82, 2.24) is 9.80 Å². The number of phenolic OH excluding ortho intramolecular Hbond substituents is 1. The molecule has 1 N–H and O–H groups in total. The van der Waals surface area contributed by atoms with E-state index in [0.29, 0.717) is 11.1 Å². The second-order valence-electron chi connectivity index (χ2n) is 6.98. The van der Waals surface area contributed by atoms with Gasteiger partial charge in [-0.2, -0.15) is 0 Å². The van der Waals surface area contributed by atoms with Gasteiger partial charge in [-0.25, -0.2) is 0 Å². The Labute approximate surface area is 176 Å². The molecule has 0 atom stereocenters. The summed E-state index contributed by atoms with van der Waals surface area (Å²) >= 11 is 0. The number of hydrogen-bond acceptors (Lipinski definition) is 6. The highest BCUT2D eigenvalue weighted by molar-refractivity contribution is 6.15. The van der Waals surface area contributed by atoms with E-state index in [1.807, 2.05) is 0 Å². The predicted octanol–water partition coefficient (Wildman–Crippen LogP) is 1.47. The minimum Gasteiger partial charge on any atom is -0.507 e. The number of ketones is 1. The van der Waals surface area contributed by atoms with Gasteiger partial charge in [0.25, 0.3) is 23.6 Å². The molecule has 0 saturated carbocycles. The monoisotopic (exact) mass is 416 g/mol. The van der Waals surface area contributed by atoms with Gasteiger partial charge in [0.2, 0.25) is 0 Å². The Hall–Kier alpha value is -4.33. The first kappa shape index (κ1) is 20.0. The minimum absolute atomic E-state index is 0.0942. The van der Waals surface area contributed by atoms with E-state index in [9.17, 15) is 29.1 Å². The number of amides is 4. The molecule has 31 heavy (non-hydrogen) atoms. The summed E-state index contributed by atoms with van der Waals surface area (Å²) in [4.78, 5) is 63.4. The SMILES string of the molecule is O=C(c1ccccc1)c1c(O)ccc(CN2C(=O)C=CC2=O)c1CN1C(=O)C=CC1=O. The molecule has 0 spiro atoms. The highest BCUT2D eigenvalue weighted by atomic mass is 16.3. The summed E-state index contributed by atoms with van der Waals surface area (Å²) < 4.78 is 0. The number of carbonyl (C=O) groups is 5. The summed E-state index contributed by atoms with van der Waals surface area (Å²) in [5.41, 5.74) is 0.744. The largest absolute Gasteiger partial charge is 0.507 e. The smallest absolute Gasteiger partial charge is 0.253 e. The van der Waals surface area contributed by atoms with E-state index < -0.39 is 29.4 Å². The second-order valence-corrected chi connectivity index (χ2v) is 6.98. The Morgan fingerprint density at radius 2 is 1.23 bits per heavy atom. The molecular weight excluding hydrogens is 400 g/mol. The highest BCUT2D eigenvalue weighted by Crippen LogP contribution is 2.30. The third-order valence-electron chi connectivity index (χ3n) is 5.10. The number of carbonyl (C=O) groups excluding carboxylic acids is 5. The predicted molar refractivity (Wildman–Crippen MR) is 107 cm³/mol. The van der Waals surface area contributed by atoms with Crippen LogP contribution in [-0.2, 0) is 32.3 Å².